The minimum absolute atomic E-state index is 0.0492. The summed E-state index contributed by atoms with van der Waals surface area (Å²) in [5, 5.41) is 9.33. The maximum atomic E-state index is 13.4. The molecule has 0 radical (unpaired) electrons. The van der Waals surface area contributed by atoms with Crippen molar-refractivity contribution < 1.29 is 31.5 Å². The lowest BCUT2D eigenvalue weighted by atomic mass is 10.0. The Labute approximate surface area is 216 Å². The number of carboxylic acids is 1. The third-order valence-corrected chi connectivity index (χ3v) is 8.56. The van der Waals surface area contributed by atoms with Crippen LogP contribution in [0.4, 0.5) is 13.2 Å². The van der Waals surface area contributed by atoms with Gasteiger partial charge in [-0.15, -0.1) is 11.3 Å². The Morgan fingerprint density at radius 2 is 1.76 bits per heavy atom. The number of hydrogen-bond acceptors (Lipinski definition) is 4. The molecular formula is C27H24F3NO4S2. The predicted octanol–water partition coefficient (Wildman–Crippen LogP) is 7.03. The summed E-state index contributed by atoms with van der Waals surface area (Å²) in [5.74, 6) is -1.11. The van der Waals surface area contributed by atoms with Crippen LogP contribution in [0.5, 0.6) is 0 Å². The molecule has 0 atom stereocenters. The molecule has 194 valence electrons. The Morgan fingerprint density at radius 3 is 2.35 bits per heavy atom. The van der Waals surface area contributed by atoms with Crippen LogP contribution in [0.2, 0.25) is 0 Å². The van der Waals surface area contributed by atoms with E-state index in [2.05, 4.69) is 13.8 Å². The van der Waals surface area contributed by atoms with Crippen molar-refractivity contribution in [2.75, 3.05) is 5.75 Å². The van der Waals surface area contributed by atoms with Gasteiger partial charge in [0.25, 0.3) is 0 Å². The van der Waals surface area contributed by atoms with Crippen molar-refractivity contribution >= 4 is 44.3 Å². The molecule has 0 aliphatic carbocycles. The number of alkyl halides is 3. The van der Waals surface area contributed by atoms with Crippen LogP contribution in [0.25, 0.3) is 17.0 Å². The zero-order valence-corrected chi connectivity index (χ0v) is 21.6. The van der Waals surface area contributed by atoms with Gasteiger partial charge in [-0.2, -0.15) is 13.2 Å². The van der Waals surface area contributed by atoms with Gasteiger partial charge in [-0.3, -0.25) is 0 Å². The Morgan fingerprint density at radius 1 is 1.05 bits per heavy atom. The molecule has 2 aromatic carbocycles. The quantitative estimate of drug-likeness (QED) is 0.257. The Bertz CT molecular complexity index is 1580. The Hall–Kier alpha value is -3.37. The highest BCUT2D eigenvalue weighted by Gasteiger charge is 2.31. The van der Waals surface area contributed by atoms with Gasteiger partial charge >= 0.3 is 12.1 Å². The van der Waals surface area contributed by atoms with Crippen molar-refractivity contribution in [3.63, 3.8) is 0 Å². The van der Waals surface area contributed by atoms with E-state index in [1.165, 1.54) is 18.2 Å². The molecule has 0 spiro atoms. The number of aromatic carboxylic acids is 1. The third kappa shape index (κ3) is 5.97. The molecule has 0 aliphatic heterocycles. The summed E-state index contributed by atoms with van der Waals surface area (Å²) in [4.78, 5) is 11.9. The van der Waals surface area contributed by atoms with Crippen LogP contribution in [-0.2, 0) is 22.6 Å². The second-order valence-corrected chi connectivity index (χ2v) is 12.0. The van der Waals surface area contributed by atoms with Gasteiger partial charge in [0.05, 0.1) is 16.8 Å². The molecule has 0 unspecified atom stereocenters. The molecule has 0 bridgehead atoms. The second kappa shape index (κ2) is 10.2. The number of hydrogen-bond donors (Lipinski definition) is 1. The molecular weight excluding hydrogens is 523 g/mol. The first-order valence-electron chi connectivity index (χ1n) is 11.4. The third-order valence-electron chi connectivity index (χ3n) is 5.88. The fraction of sp³-hybridized carbons (Fsp3) is 0.222. The number of carbonyl (C=O) groups is 1. The summed E-state index contributed by atoms with van der Waals surface area (Å²) in [6.45, 7) is 4.15. The number of halogens is 3. The van der Waals surface area contributed by atoms with Gasteiger partial charge < -0.3 is 5.11 Å². The molecule has 0 saturated heterocycles. The average Bonchev–Trinajstić information content (AvgIpc) is 3.43. The van der Waals surface area contributed by atoms with Gasteiger partial charge in [-0.25, -0.2) is 17.2 Å². The van der Waals surface area contributed by atoms with Crippen LogP contribution < -0.4 is 0 Å². The van der Waals surface area contributed by atoms with E-state index in [9.17, 15) is 31.5 Å². The first kappa shape index (κ1) is 26.7. The topological polar surface area (TPSA) is 76.4 Å². The summed E-state index contributed by atoms with van der Waals surface area (Å²) in [6, 6.07) is 15.1. The minimum Gasteiger partial charge on any atom is -0.477 e. The zero-order chi connectivity index (χ0) is 27.0. The normalized spacial score (nSPS) is 12.7. The van der Waals surface area contributed by atoms with E-state index in [-0.39, 0.29) is 33.6 Å². The van der Waals surface area contributed by atoms with Gasteiger partial charge in [0, 0.05) is 22.4 Å². The van der Waals surface area contributed by atoms with Gasteiger partial charge in [-0.05, 0) is 53.4 Å². The first-order chi connectivity index (χ1) is 17.3. The molecule has 10 heteroatoms. The van der Waals surface area contributed by atoms with Crippen molar-refractivity contribution in [3.05, 3.63) is 98.9 Å². The van der Waals surface area contributed by atoms with Gasteiger partial charge in [-0.1, -0.05) is 50.3 Å². The monoisotopic (exact) mass is 547 g/mol. The van der Waals surface area contributed by atoms with Gasteiger partial charge in [0.15, 0.2) is 0 Å². The van der Waals surface area contributed by atoms with Crippen molar-refractivity contribution in [3.8, 4) is 0 Å². The number of thiophene rings is 1. The van der Waals surface area contributed by atoms with Crippen LogP contribution >= 0.6 is 11.3 Å². The van der Waals surface area contributed by atoms with E-state index in [1.807, 2.05) is 24.3 Å². The van der Waals surface area contributed by atoms with E-state index in [0.717, 1.165) is 44.6 Å². The molecule has 5 nitrogen and oxygen atoms in total. The number of nitrogens with zero attached hydrogens (tertiary/aromatic N) is 1. The first-order valence-corrected chi connectivity index (χ1v) is 13.8. The molecule has 37 heavy (non-hydrogen) atoms. The van der Waals surface area contributed by atoms with E-state index in [1.54, 1.807) is 12.1 Å². The summed E-state index contributed by atoms with van der Waals surface area (Å²) in [6.07, 6.45) is -1.33. The highest BCUT2D eigenvalue weighted by Crippen LogP contribution is 2.34. The summed E-state index contributed by atoms with van der Waals surface area (Å²) < 4.78 is 67.8. The van der Waals surface area contributed by atoms with Crippen LogP contribution in [0.15, 0.2) is 66.7 Å². The molecule has 4 aromatic rings. The van der Waals surface area contributed by atoms with E-state index in [0.29, 0.717) is 10.8 Å². The molecule has 1 N–H and O–H groups in total. The molecule has 2 heterocycles. The van der Waals surface area contributed by atoms with E-state index >= 15 is 0 Å². The Balaban J connectivity index is 1.71. The Kier molecular flexibility index (Phi) is 7.34. The number of carboxylic acid groups (broad SMARTS) is 1. The summed E-state index contributed by atoms with van der Waals surface area (Å²) >= 11 is 0.989. The lowest BCUT2D eigenvalue weighted by molar-refractivity contribution is -0.137. The van der Waals surface area contributed by atoms with Crippen molar-refractivity contribution in [2.45, 2.75) is 32.4 Å². The van der Waals surface area contributed by atoms with Crippen molar-refractivity contribution in [1.82, 2.24) is 3.97 Å². The van der Waals surface area contributed by atoms with Crippen molar-refractivity contribution in [1.29, 1.82) is 0 Å². The maximum absolute atomic E-state index is 13.4. The molecule has 2 aromatic heterocycles. The maximum Gasteiger partial charge on any atom is 0.416 e. The van der Waals surface area contributed by atoms with Gasteiger partial charge in [0.1, 0.15) is 4.88 Å². The lowest BCUT2D eigenvalue weighted by Crippen LogP contribution is -2.18. The standard InChI is InChI=1S/C27H24F3NO4S2/c1-17(2)19-7-5-18(6-8-19)4-3-13-37(34,35)31-22(16-23-10-12-25(36-23)26(32)33)15-20-14-21(27(28,29)30)9-11-24(20)31/h3-12,14-15,17H,13,16H2,1-2H3,(H,32,33). The molecule has 0 saturated carbocycles. The highest BCUT2D eigenvalue weighted by atomic mass is 32.2. The molecule has 0 aliphatic rings. The van der Waals surface area contributed by atoms with Crippen LogP contribution in [0.1, 0.15) is 56.7 Å². The smallest absolute Gasteiger partial charge is 0.416 e. The van der Waals surface area contributed by atoms with Crippen LogP contribution in [-0.4, -0.2) is 29.2 Å². The SMILES string of the molecule is CC(C)c1ccc(C=CCS(=O)(=O)n2c(Cc3ccc(C(=O)O)s3)cc3cc(C(F)(F)F)ccc32)cc1. The van der Waals surface area contributed by atoms with Crippen molar-refractivity contribution in [2.24, 2.45) is 0 Å². The number of fused-ring (bicyclic) bond motifs is 1. The number of benzene rings is 2. The zero-order valence-electron chi connectivity index (χ0n) is 20.0. The summed E-state index contributed by atoms with van der Waals surface area (Å²) in [5.41, 5.74) is 1.49. The second-order valence-electron chi connectivity index (χ2n) is 8.92. The fourth-order valence-corrected chi connectivity index (χ4v) is 6.31. The summed E-state index contributed by atoms with van der Waals surface area (Å²) in [7, 11) is -4.01. The highest BCUT2D eigenvalue weighted by molar-refractivity contribution is 7.90. The average molecular weight is 548 g/mol. The fourth-order valence-electron chi connectivity index (χ4n) is 4.01. The largest absolute Gasteiger partial charge is 0.477 e. The molecule has 4 rings (SSSR count). The van der Waals surface area contributed by atoms with Crippen LogP contribution in [0.3, 0.4) is 0 Å². The molecule has 0 amide bonds. The lowest BCUT2D eigenvalue weighted by Gasteiger charge is -2.11. The van der Waals surface area contributed by atoms with E-state index < -0.39 is 27.7 Å². The van der Waals surface area contributed by atoms with Crippen LogP contribution in [0, 0.1) is 0 Å². The molecule has 0 fully saturated rings. The van der Waals surface area contributed by atoms with E-state index in [4.69, 9.17) is 0 Å². The number of aromatic nitrogens is 1. The predicted molar refractivity (Wildman–Crippen MR) is 140 cm³/mol. The number of rotatable bonds is 8. The van der Waals surface area contributed by atoms with Gasteiger partial charge in [0.2, 0.25) is 10.0 Å². The minimum atomic E-state index is -4.58.